The number of carbonyl (C=O) groups excluding carboxylic acids is 2. The van der Waals surface area contributed by atoms with Gasteiger partial charge in [0.15, 0.2) is 18.1 Å². The summed E-state index contributed by atoms with van der Waals surface area (Å²) in [6.45, 7) is 4.54. The van der Waals surface area contributed by atoms with E-state index in [1.807, 2.05) is 6.92 Å². The molecule has 1 heterocycles. The van der Waals surface area contributed by atoms with E-state index < -0.39 is 0 Å². The van der Waals surface area contributed by atoms with Gasteiger partial charge in [0.1, 0.15) is 0 Å². The van der Waals surface area contributed by atoms with E-state index in [4.69, 9.17) is 14.2 Å². The molecule has 1 saturated carbocycles. The maximum atomic E-state index is 12.6. The lowest BCUT2D eigenvalue weighted by atomic mass is 9.95. The molecule has 7 nitrogen and oxygen atoms in total. The average molecular weight is 390 g/mol. The lowest BCUT2D eigenvalue weighted by Crippen LogP contribution is -2.43. The van der Waals surface area contributed by atoms with Crippen molar-refractivity contribution < 1.29 is 23.8 Å². The van der Waals surface area contributed by atoms with Crippen LogP contribution in [-0.4, -0.2) is 62.3 Å². The second-order valence-electron chi connectivity index (χ2n) is 7.18. The van der Waals surface area contributed by atoms with E-state index in [-0.39, 0.29) is 24.5 Å². The zero-order valence-corrected chi connectivity index (χ0v) is 16.6. The molecular weight excluding hydrogens is 360 g/mol. The first kappa shape index (κ1) is 20.5. The quantitative estimate of drug-likeness (QED) is 0.774. The minimum atomic E-state index is -0.0937. The Balaban J connectivity index is 1.61. The number of nitrogens with one attached hydrogen (secondary N) is 1. The van der Waals surface area contributed by atoms with Crippen LogP contribution in [0, 0.1) is 0 Å². The lowest BCUT2D eigenvalue weighted by Gasteiger charge is -2.26. The van der Waals surface area contributed by atoms with Gasteiger partial charge in [0.2, 0.25) is 0 Å². The highest BCUT2D eigenvalue weighted by Crippen LogP contribution is 2.29. The van der Waals surface area contributed by atoms with Gasteiger partial charge in [-0.25, -0.2) is 0 Å². The van der Waals surface area contributed by atoms with Crippen LogP contribution in [0.25, 0.3) is 0 Å². The van der Waals surface area contributed by atoms with Crippen LogP contribution >= 0.6 is 0 Å². The smallest absolute Gasteiger partial charge is 0.260 e. The summed E-state index contributed by atoms with van der Waals surface area (Å²) in [4.78, 5) is 26.6. The topological polar surface area (TPSA) is 77.1 Å². The Morgan fingerprint density at radius 1 is 1.11 bits per heavy atom. The lowest BCUT2D eigenvalue weighted by molar-refractivity contribution is -0.137. The molecule has 1 saturated heterocycles. The van der Waals surface area contributed by atoms with Gasteiger partial charge >= 0.3 is 0 Å². The van der Waals surface area contributed by atoms with Crippen LogP contribution in [-0.2, 0) is 9.53 Å². The van der Waals surface area contributed by atoms with Crippen molar-refractivity contribution in [3.8, 4) is 11.5 Å². The van der Waals surface area contributed by atoms with Crippen LogP contribution in [0.3, 0.4) is 0 Å². The predicted molar refractivity (Wildman–Crippen MR) is 105 cm³/mol. The third kappa shape index (κ3) is 5.61. The van der Waals surface area contributed by atoms with E-state index in [1.165, 1.54) is 19.3 Å². The molecule has 154 valence electrons. The molecule has 1 aliphatic heterocycles. The Morgan fingerprint density at radius 3 is 2.57 bits per heavy atom. The molecule has 0 atom stereocenters. The summed E-state index contributed by atoms with van der Waals surface area (Å²) in [5.41, 5.74) is 0.542. The number of ether oxygens (including phenoxy) is 3. The second-order valence-corrected chi connectivity index (χ2v) is 7.18. The van der Waals surface area contributed by atoms with Gasteiger partial charge in [0.05, 0.1) is 19.8 Å². The van der Waals surface area contributed by atoms with Crippen LogP contribution in [0.5, 0.6) is 11.5 Å². The molecule has 0 unspecified atom stereocenters. The number of carbonyl (C=O) groups is 2. The molecule has 0 spiro atoms. The van der Waals surface area contributed by atoms with Crippen LogP contribution < -0.4 is 14.8 Å². The second kappa shape index (κ2) is 10.3. The molecule has 0 aromatic heterocycles. The predicted octanol–water partition coefficient (Wildman–Crippen LogP) is 2.39. The molecule has 2 fully saturated rings. The monoisotopic (exact) mass is 390 g/mol. The van der Waals surface area contributed by atoms with E-state index >= 15 is 0 Å². The standard InChI is InChI=1S/C21H30N2O5/c1-2-27-19-14-16(21(25)22-17-6-4-3-5-7-17)8-9-18(19)28-15-20(24)23-10-12-26-13-11-23/h8-9,14,17H,2-7,10-13,15H2,1H3,(H,22,25). The van der Waals surface area contributed by atoms with E-state index in [9.17, 15) is 9.59 Å². The summed E-state index contributed by atoms with van der Waals surface area (Å²) in [6.07, 6.45) is 5.65. The fraction of sp³-hybridized carbons (Fsp3) is 0.619. The fourth-order valence-electron chi connectivity index (χ4n) is 3.60. The minimum absolute atomic E-state index is 0.0618. The third-order valence-corrected chi connectivity index (χ3v) is 5.16. The van der Waals surface area contributed by atoms with Crippen molar-refractivity contribution in [2.75, 3.05) is 39.5 Å². The summed E-state index contributed by atoms with van der Waals surface area (Å²) in [7, 11) is 0. The summed E-state index contributed by atoms with van der Waals surface area (Å²) in [5.74, 6) is 0.778. The molecule has 2 amide bonds. The van der Waals surface area contributed by atoms with Crippen LogP contribution in [0.1, 0.15) is 49.4 Å². The number of hydrogen-bond donors (Lipinski definition) is 1. The Bertz CT molecular complexity index is 667. The Morgan fingerprint density at radius 2 is 1.86 bits per heavy atom. The Kier molecular flexibility index (Phi) is 7.54. The van der Waals surface area contributed by atoms with E-state index in [0.29, 0.717) is 50.0 Å². The summed E-state index contributed by atoms with van der Waals surface area (Å²) in [5, 5.41) is 3.11. The molecule has 1 aliphatic carbocycles. The number of rotatable bonds is 7. The zero-order chi connectivity index (χ0) is 19.8. The van der Waals surface area contributed by atoms with Crippen molar-refractivity contribution in [2.45, 2.75) is 45.1 Å². The minimum Gasteiger partial charge on any atom is -0.490 e. The fourth-order valence-corrected chi connectivity index (χ4v) is 3.60. The van der Waals surface area contributed by atoms with Crippen molar-refractivity contribution in [3.05, 3.63) is 23.8 Å². The largest absolute Gasteiger partial charge is 0.490 e. The maximum Gasteiger partial charge on any atom is 0.260 e. The number of benzene rings is 1. The highest BCUT2D eigenvalue weighted by Gasteiger charge is 2.20. The van der Waals surface area contributed by atoms with Gasteiger partial charge in [-0.1, -0.05) is 19.3 Å². The highest BCUT2D eigenvalue weighted by molar-refractivity contribution is 5.95. The van der Waals surface area contributed by atoms with Gasteiger partial charge in [-0.05, 0) is 38.0 Å². The van der Waals surface area contributed by atoms with Gasteiger partial charge in [-0.15, -0.1) is 0 Å². The molecule has 1 aromatic carbocycles. The molecular formula is C21H30N2O5. The van der Waals surface area contributed by atoms with Crippen LogP contribution in [0.2, 0.25) is 0 Å². The first-order chi connectivity index (χ1) is 13.7. The molecule has 7 heteroatoms. The van der Waals surface area contributed by atoms with Crippen molar-refractivity contribution in [1.29, 1.82) is 0 Å². The van der Waals surface area contributed by atoms with Crippen LogP contribution in [0.4, 0.5) is 0 Å². The summed E-state index contributed by atoms with van der Waals surface area (Å²) < 4.78 is 16.6. The number of nitrogens with zero attached hydrogens (tertiary/aromatic N) is 1. The number of morpholine rings is 1. The van der Waals surface area contributed by atoms with Crippen molar-refractivity contribution in [1.82, 2.24) is 10.2 Å². The molecule has 28 heavy (non-hydrogen) atoms. The van der Waals surface area contributed by atoms with Crippen molar-refractivity contribution >= 4 is 11.8 Å². The molecule has 0 radical (unpaired) electrons. The Hall–Kier alpha value is -2.28. The number of amides is 2. The summed E-state index contributed by atoms with van der Waals surface area (Å²) >= 11 is 0. The molecule has 0 bridgehead atoms. The van der Waals surface area contributed by atoms with E-state index in [1.54, 1.807) is 23.1 Å². The molecule has 1 aromatic rings. The number of hydrogen-bond acceptors (Lipinski definition) is 5. The van der Waals surface area contributed by atoms with Gasteiger partial charge < -0.3 is 24.4 Å². The van der Waals surface area contributed by atoms with Gasteiger partial charge in [-0.2, -0.15) is 0 Å². The molecule has 1 N–H and O–H groups in total. The summed E-state index contributed by atoms with van der Waals surface area (Å²) in [6, 6.07) is 5.36. The average Bonchev–Trinajstić information content (AvgIpc) is 2.74. The Labute approximate surface area is 166 Å². The van der Waals surface area contributed by atoms with Crippen molar-refractivity contribution in [2.24, 2.45) is 0 Å². The highest BCUT2D eigenvalue weighted by atomic mass is 16.5. The third-order valence-electron chi connectivity index (χ3n) is 5.16. The zero-order valence-electron chi connectivity index (χ0n) is 16.6. The van der Waals surface area contributed by atoms with E-state index in [0.717, 1.165) is 12.8 Å². The maximum absolute atomic E-state index is 12.6. The first-order valence-electron chi connectivity index (χ1n) is 10.2. The van der Waals surface area contributed by atoms with E-state index in [2.05, 4.69) is 5.32 Å². The van der Waals surface area contributed by atoms with Gasteiger partial charge in [0, 0.05) is 24.7 Å². The first-order valence-corrected chi connectivity index (χ1v) is 10.2. The van der Waals surface area contributed by atoms with Gasteiger partial charge in [-0.3, -0.25) is 9.59 Å². The molecule has 3 rings (SSSR count). The molecule has 2 aliphatic rings. The van der Waals surface area contributed by atoms with Gasteiger partial charge in [0.25, 0.3) is 11.8 Å². The van der Waals surface area contributed by atoms with Crippen molar-refractivity contribution in [3.63, 3.8) is 0 Å². The van der Waals surface area contributed by atoms with Crippen LogP contribution in [0.15, 0.2) is 18.2 Å². The SMILES string of the molecule is CCOc1cc(C(=O)NC2CCCCC2)ccc1OCC(=O)N1CCOCC1. The normalized spacial score (nSPS) is 17.8.